The summed E-state index contributed by atoms with van der Waals surface area (Å²) >= 11 is 6.48. The average Bonchev–Trinajstić information content (AvgIpc) is 2.73. The summed E-state index contributed by atoms with van der Waals surface area (Å²) in [5, 5.41) is 6.85. The van der Waals surface area contributed by atoms with Crippen LogP contribution in [0.25, 0.3) is 0 Å². The Morgan fingerprint density at radius 1 is 1.17 bits per heavy atom. The number of aliphatic imine (C=N–C) groups is 1. The van der Waals surface area contributed by atoms with Gasteiger partial charge in [0, 0.05) is 19.0 Å². The van der Waals surface area contributed by atoms with Gasteiger partial charge in [-0.3, -0.25) is 20.9 Å². The van der Waals surface area contributed by atoms with Crippen LogP contribution in [0.1, 0.15) is 12.0 Å². The van der Waals surface area contributed by atoms with Gasteiger partial charge in [-0.1, -0.05) is 54.1 Å². The summed E-state index contributed by atoms with van der Waals surface area (Å²) in [6, 6.07) is 17.7. The number of rotatable bonds is 8. The fourth-order valence-electron chi connectivity index (χ4n) is 3.14. The van der Waals surface area contributed by atoms with Gasteiger partial charge in [0.15, 0.2) is 0 Å². The van der Waals surface area contributed by atoms with Crippen LogP contribution in [0, 0.1) is 0 Å². The number of allylic oxidation sites excluding steroid dienone is 1. The van der Waals surface area contributed by atoms with E-state index in [4.69, 9.17) is 23.1 Å². The van der Waals surface area contributed by atoms with Crippen molar-refractivity contribution >= 4 is 29.4 Å². The number of benzene rings is 2. The highest BCUT2D eigenvalue weighted by atomic mass is 35.5. The minimum atomic E-state index is -1.50. The lowest BCUT2D eigenvalue weighted by Gasteiger charge is -2.46. The van der Waals surface area contributed by atoms with Gasteiger partial charge in [-0.2, -0.15) is 0 Å². The number of hydrogen-bond donors (Lipinski definition) is 3. The third kappa shape index (κ3) is 5.14. The third-order valence-corrected chi connectivity index (χ3v) is 4.83. The number of carbonyl (C=O) groups excluding carboxylic acids is 1. The number of amides is 1. The molecule has 1 amide bonds. The maximum Gasteiger partial charge on any atom is 0.285 e. The molecule has 1 aliphatic heterocycles. The van der Waals surface area contributed by atoms with Gasteiger partial charge in [0.2, 0.25) is 5.91 Å². The zero-order chi connectivity index (χ0) is 20.7. The minimum absolute atomic E-state index is 0.188. The topological polar surface area (TPSA) is 100.0 Å². The van der Waals surface area contributed by atoms with Gasteiger partial charge in [0.05, 0.1) is 17.3 Å². The van der Waals surface area contributed by atoms with Crippen LogP contribution in [0.15, 0.2) is 71.9 Å². The predicted molar refractivity (Wildman–Crippen MR) is 117 cm³/mol. The summed E-state index contributed by atoms with van der Waals surface area (Å²) in [6.45, 7) is 0.419. The normalized spacial score (nSPS) is 18.0. The van der Waals surface area contributed by atoms with Crippen molar-refractivity contribution in [1.29, 1.82) is 0 Å². The van der Waals surface area contributed by atoms with Gasteiger partial charge in [-0.15, -0.1) is 0 Å². The van der Waals surface area contributed by atoms with Crippen LogP contribution in [0.3, 0.4) is 0 Å². The number of hydrogen-bond acceptors (Lipinski definition) is 6. The number of halogens is 1. The molecule has 0 bridgehead atoms. The van der Waals surface area contributed by atoms with Crippen LogP contribution < -0.4 is 21.8 Å². The molecule has 0 radical (unpaired) electrons. The standard InChI is InChI=1S/C21H25ClN6O/c22-18-11-4-5-12-19(18)27(14-6-10-17-8-2-1-3-9-17)28-15-7-13-25-21(28,24)26-20(29)16-23/h1-5,7-9,11-13,15H,6,10,14,16,23-24H2,(H,26,29). The van der Waals surface area contributed by atoms with E-state index < -0.39 is 11.8 Å². The molecule has 2 aromatic carbocycles. The number of anilines is 1. The molecule has 2 aromatic rings. The summed E-state index contributed by atoms with van der Waals surface area (Å²) in [5.74, 6) is -1.91. The lowest BCUT2D eigenvalue weighted by Crippen LogP contribution is -2.70. The maximum atomic E-state index is 12.0. The first-order valence-corrected chi connectivity index (χ1v) is 9.78. The van der Waals surface area contributed by atoms with Crippen LogP contribution in [0.2, 0.25) is 5.02 Å². The molecular formula is C21H25ClN6O. The summed E-state index contributed by atoms with van der Waals surface area (Å²) < 4.78 is 0. The maximum absolute atomic E-state index is 12.0. The Bertz CT molecular complexity index is 888. The highest BCUT2D eigenvalue weighted by molar-refractivity contribution is 6.33. The number of para-hydroxylation sites is 1. The van der Waals surface area contributed by atoms with Crippen molar-refractivity contribution in [2.45, 2.75) is 18.8 Å². The molecule has 1 unspecified atom stereocenters. The summed E-state index contributed by atoms with van der Waals surface area (Å²) in [5.41, 5.74) is 13.9. The van der Waals surface area contributed by atoms with E-state index in [1.807, 2.05) is 47.5 Å². The number of aryl methyl sites for hydroxylation is 1. The molecule has 0 aromatic heterocycles. The molecule has 1 aliphatic rings. The monoisotopic (exact) mass is 412 g/mol. The predicted octanol–water partition coefficient (Wildman–Crippen LogP) is 2.24. The van der Waals surface area contributed by atoms with E-state index in [0.29, 0.717) is 11.6 Å². The second kappa shape index (κ2) is 9.56. The Morgan fingerprint density at radius 2 is 1.90 bits per heavy atom. The van der Waals surface area contributed by atoms with Crippen molar-refractivity contribution in [1.82, 2.24) is 10.3 Å². The molecule has 0 spiro atoms. The molecule has 152 valence electrons. The van der Waals surface area contributed by atoms with E-state index in [2.05, 4.69) is 22.4 Å². The number of carbonyl (C=O) groups is 1. The van der Waals surface area contributed by atoms with E-state index in [-0.39, 0.29) is 6.54 Å². The highest BCUT2D eigenvalue weighted by Gasteiger charge is 2.37. The second-order valence-corrected chi connectivity index (χ2v) is 7.01. The van der Waals surface area contributed by atoms with E-state index in [1.165, 1.54) is 5.56 Å². The van der Waals surface area contributed by atoms with Crippen LogP contribution in [0.5, 0.6) is 0 Å². The zero-order valence-electron chi connectivity index (χ0n) is 16.0. The van der Waals surface area contributed by atoms with Crippen molar-refractivity contribution < 1.29 is 4.79 Å². The lowest BCUT2D eigenvalue weighted by molar-refractivity contribution is -0.123. The van der Waals surface area contributed by atoms with Gasteiger partial charge in [-0.05, 0) is 36.6 Å². The van der Waals surface area contributed by atoms with Crippen molar-refractivity contribution in [2.24, 2.45) is 16.5 Å². The molecule has 1 heterocycles. The average molecular weight is 413 g/mol. The molecule has 0 aliphatic carbocycles. The fraction of sp³-hybridized carbons (Fsp3) is 0.238. The number of nitrogens with one attached hydrogen (secondary N) is 1. The lowest BCUT2D eigenvalue weighted by atomic mass is 10.1. The highest BCUT2D eigenvalue weighted by Crippen LogP contribution is 2.30. The summed E-state index contributed by atoms with van der Waals surface area (Å²) in [7, 11) is 0. The first kappa shape index (κ1) is 20.9. The van der Waals surface area contributed by atoms with Crippen molar-refractivity contribution in [3.63, 3.8) is 0 Å². The van der Waals surface area contributed by atoms with Crippen LogP contribution in [-0.2, 0) is 11.2 Å². The first-order valence-electron chi connectivity index (χ1n) is 9.41. The number of hydrazine groups is 1. The van der Waals surface area contributed by atoms with Gasteiger partial charge in [-0.25, -0.2) is 10.0 Å². The Hall–Kier alpha value is -2.87. The van der Waals surface area contributed by atoms with E-state index in [9.17, 15) is 4.79 Å². The van der Waals surface area contributed by atoms with E-state index in [0.717, 1.165) is 18.5 Å². The molecule has 1 atom stereocenters. The van der Waals surface area contributed by atoms with Crippen LogP contribution >= 0.6 is 11.6 Å². The fourth-order valence-corrected chi connectivity index (χ4v) is 3.38. The second-order valence-electron chi connectivity index (χ2n) is 6.61. The van der Waals surface area contributed by atoms with E-state index in [1.54, 1.807) is 23.5 Å². The van der Waals surface area contributed by atoms with Gasteiger partial charge >= 0.3 is 0 Å². The molecular weight excluding hydrogens is 388 g/mol. The summed E-state index contributed by atoms with van der Waals surface area (Å²) in [6.07, 6.45) is 6.78. The van der Waals surface area contributed by atoms with Crippen molar-refractivity contribution in [3.8, 4) is 0 Å². The van der Waals surface area contributed by atoms with Gasteiger partial charge < -0.3 is 5.73 Å². The van der Waals surface area contributed by atoms with Gasteiger partial charge in [0.25, 0.3) is 5.91 Å². The number of nitrogens with two attached hydrogens (primary N) is 2. The first-order chi connectivity index (χ1) is 14.0. The molecule has 0 fully saturated rings. The Balaban J connectivity index is 1.87. The van der Waals surface area contributed by atoms with Crippen molar-refractivity contribution in [3.05, 3.63) is 77.5 Å². The van der Waals surface area contributed by atoms with Crippen LogP contribution in [0.4, 0.5) is 5.69 Å². The SMILES string of the molecule is NCC(=O)NC1(N)N=CC=CN1N(CCCc1ccccc1)c1ccccc1Cl. The van der Waals surface area contributed by atoms with Crippen LogP contribution in [-0.4, -0.2) is 36.1 Å². The molecule has 5 N–H and O–H groups in total. The molecule has 0 saturated heterocycles. The third-order valence-electron chi connectivity index (χ3n) is 4.51. The quantitative estimate of drug-likeness (QED) is 0.577. The van der Waals surface area contributed by atoms with Crippen molar-refractivity contribution in [2.75, 3.05) is 18.1 Å². The number of nitrogens with zero attached hydrogens (tertiary/aromatic N) is 3. The summed E-state index contributed by atoms with van der Waals surface area (Å²) in [4.78, 5) is 16.3. The molecule has 0 saturated carbocycles. The largest absolute Gasteiger partial charge is 0.322 e. The minimum Gasteiger partial charge on any atom is -0.322 e. The molecule has 7 nitrogen and oxygen atoms in total. The zero-order valence-corrected chi connectivity index (χ0v) is 16.8. The smallest absolute Gasteiger partial charge is 0.285 e. The Kier molecular flexibility index (Phi) is 6.87. The Morgan fingerprint density at radius 3 is 2.62 bits per heavy atom. The Labute approximate surface area is 175 Å². The molecule has 8 heteroatoms. The molecule has 3 rings (SSSR count). The molecule has 29 heavy (non-hydrogen) atoms. The van der Waals surface area contributed by atoms with Gasteiger partial charge in [0.1, 0.15) is 0 Å². The van der Waals surface area contributed by atoms with E-state index >= 15 is 0 Å².